The van der Waals surface area contributed by atoms with Gasteiger partial charge in [0, 0.05) is 32.6 Å². The minimum absolute atomic E-state index is 0.531. The van der Waals surface area contributed by atoms with E-state index in [1.165, 1.54) is 12.8 Å². The van der Waals surface area contributed by atoms with Gasteiger partial charge in [-0.15, -0.1) is 10.2 Å². The third-order valence-corrected chi connectivity index (χ3v) is 5.49. The fraction of sp³-hybridized carbons (Fsp3) is 0.538. The van der Waals surface area contributed by atoms with E-state index in [0.29, 0.717) is 5.92 Å². The molecule has 1 aliphatic carbocycles. The van der Waals surface area contributed by atoms with E-state index in [-0.39, 0.29) is 0 Å². The van der Waals surface area contributed by atoms with Crippen molar-refractivity contribution in [1.29, 1.82) is 0 Å². The first-order chi connectivity index (χ1) is 10.1. The summed E-state index contributed by atoms with van der Waals surface area (Å²) in [5.41, 5.74) is 1.06. The molecule has 3 rings (SSSR count). The largest absolute Gasteiger partial charge is 0.373 e. The summed E-state index contributed by atoms with van der Waals surface area (Å²) in [4.78, 5) is 11.3. The molecule has 0 aliphatic heterocycles. The van der Waals surface area contributed by atoms with E-state index < -0.39 is 0 Å². The van der Waals surface area contributed by atoms with Crippen LogP contribution in [0, 0.1) is 6.92 Å². The van der Waals surface area contributed by atoms with Crippen molar-refractivity contribution >= 4 is 34.0 Å². The maximum Gasteiger partial charge on any atom is 0.208 e. The lowest BCUT2D eigenvalue weighted by Gasteiger charge is -2.10. The third-order valence-electron chi connectivity index (χ3n) is 3.26. The fourth-order valence-corrected chi connectivity index (χ4v) is 3.65. The van der Waals surface area contributed by atoms with Crippen molar-refractivity contribution in [2.75, 3.05) is 31.4 Å². The second-order valence-corrected chi connectivity index (χ2v) is 7.42. The average Bonchev–Trinajstić information content (AvgIpc) is 3.20. The molecule has 1 saturated carbocycles. The Morgan fingerprint density at radius 1 is 1.24 bits per heavy atom. The van der Waals surface area contributed by atoms with Gasteiger partial charge in [-0.05, 0) is 31.5 Å². The third kappa shape index (κ3) is 3.11. The molecule has 112 valence electrons. The van der Waals surface area contributed by atoms with E-state index >= 15 is 0 Å². The maximum absolute atomic E-state index is 4.73. The number of nitrogens with zero attached hydrogens (tertiary/aromatic N) is 5. The molecular weight excluding hydrogens is 304 g/mol. The molecule has 2 heterocycles. The SMILES string of the molecule is CNc1nc(C2CC2)nc(Sc2nnc(N(C)C)s2)c1C. The zero-order valence-electron chi connectivity index (χ0n) is 12.5. The smallest absolute Gasteiger partial charge is 0.208 e. The molecule has 1 fully saturated rings. The molecule has 21 heavy (non-hydrogen) atoms. The Bertz CT molecular complexity index is 650. The summed E-state index contributed by atoms with van der Waals surface area (Å²) >= 11 is 3.14. The second kappa shape index (κ2) is 5.76. The van der Waals surface area contributed by atoms with Gasteiger partial charge in [0.05, 0.1) is 0 Å². The zero-order valence-corrected chi connectivity index (χ0v) is 14.2. The first-order valence-electron chi connectivity index (χ1n) is 6.83. The number of hydrogen-bond acceptors (Lipinski definition) is 8. The highest BCUT2D eigenvalue weighted by atomic mass is 32.2. The molecule has 2 aromatic heterocycles. The normalized spacial score (nSPS) is 14.3. The first-order valence-corrected chi connectivity index (χ1v) is 8.46. The minimum Gasteiger partial charge on any atom is -0.373 e. The Hall–Kier alpha value is -1.41. The summed E-state index contributed by atoms with van der Waals surface area (Å²) < 4.78 is 0.907. The van der Waals surface area contributed by atoms with Crippen molar-refractivity contribution in [3.05, 3.63) is 11.4 Å². The van der Waals surface area contributed by atoms with Gasteiger partial charge in [-0.3, -0.25) is 0 Å². The highest BCUT2D eigenvalue weighted by Crippen LogP contribution is 2.41. The molecule has 0 saturated heterocycles. The summed E-state index contributed by atoms with van der Waals surface area (Å²) in [6, 6.07) is 0. The van der Waals surface area contributed by atoms with Crippen LogP contribution in [0.3, 0.4) is 0 Å². The summed E-state index contributed by atoms with van der Waals surface area (Å²) in [7, 11) is 5.83. The Morgan fingerprint density at radius 2 is 2.00 bits per heavy atom. The lowest BCUT2D eigenvalue weighted by atomic mass is 10.3. The summed E-state index contributed by atoms with van der Waals surface area (Å²) in [6.07, 6.45) is 2.39. The maximum atomic E-state index is 4.73. The molecule has 2 aromatic rings. The van der Waals surface area contributed by atoms with Crippen LogP contribution < -0.4 is 10.2 Å². The van der Waals surface area contributed by atoms with Gasteiger partial charge >= 0.3 is 0 Å². The monoisotopic (exact) mass is 322 g/mol. The summed E-state index contributed by atoms with van der Waals surface area (Å²) in [6.45, 7) is 2.04. The number of hydrogen-bond donors (Lipinski definition) is 1. The van der Waals surface area contributed by atoms with Gasteiger partial charge in [0.25, 0.3) is 0 Å². The van der Waals surface area contributed by atoms with Gasteiger partial charge in [-0.25, -0.2) is 9.97 Å². The van der Waals surface area contributed by atoms with Crippen molar-refractivity contribution in [3.63, 3.8) is 0 Å². The van der Waals surface area contributed by atoms with Crippen molar-refractivity contribution < 1.29 is 0 Å². The van der Waals surface area contributed by atoms with Crippen LogP contribution in [0.4, 0.5) is 10.9 Å². The summed E-state index contributed by atoms with van der Waals surface area (Å²) in [5.74, 6) is 2.39. The zero-order chi connectivity index (χ0) is 15.0. The molecule has 1 N–H and O–H groups in total. The molecule has 1 aliphatic rings. The first kappa shape index (κ1) is 14.5. The number of anilines is 2. The van der Waals surface area contributed by atoms with Crippen molar-refractivity contribution in [3.8, 4) is 0 Å². The van der Waals surface area contributed by atoms with Crippen LogP contribution in [0.5, 0.6) is 0 Å². The minimum atomic E-state index is 0.531. The van der Waals surface area contributed by atoms with Gasteiger partial charge in [-0.2, -0.15) is 0 Å². The van der Waals surface area contributed by atoms with Crippen LogP contribution in [0.15, 0.2) is 9.37 Å². The second-order valence-electron chi connectivity index (χ2n) is 5.23. The van der Waals surface area contributed by atoms with Gasteiger partial charge in [0.2, 0.25) is 5.13 Å². The molecular formula is C13H18N6S2. The van der Waals surface area contributed by atoms with Crippen LogP contribution in [-0.2, 0) is 0 Å². The van der Waals surface area contributed by atoms with Crippen LogP contribution >= 0.6 is 23.1 Å². The van der Waals surface area contributed by atoms with Gasteiger partial charge in [0.1, 0.15) is 16.7 Å². The molecule has 0 radical (unpaired) electrons. The van der Waals surface area contributed by atoms with E-state index in [4.69, 9.17) is 4.98 Å². The number of nitrogens with one attached hydrogen (secondary N) is 1. The Morgan fingerprint density at radius 3 is 2.57 bits per heavy atom. The van der Waals surface area contributed by atoms with E-state index in [0.717, 1.165) is 31.7 Å². The Labute approximate surface area is 132 Å². The van der Waals surface area contributed by atoms with E-state index in [9.17, 15) is 0 Å². The topological polar surface area (TPSA) is 66.8 Å². The number of aromatic nitrogens is 4. The Balaban J connectivity index is 1.90. The standard InChI is InChI=1S/C13H18N6S2/c1-7-9(14-2)15-10(8-5-6-8)16-11(7)20-13-18-17-12(21-13)19(3)4/h8H,5-6H2,1-4H3,(H,14,15,16). The van der Waals surface area contributed by atoms with E-state index in [1.54, 1.807) is 23.1 Å². The highest BCUT2D eigenvalue weighted by molar-refractivity contribution is 8.01. The summed E-state index contributed by atoms with van der Waals surface area (Å²) in [5, 5.41) is 13.4. The number of rotatable bonds is 5. The molecule has 0 aromatic carbocycles. The van der Waals surface area contributed by atoms with E-state index in [2.05, 4.69) is 20.5 Å². The van der Waals surface area contributed by atoms with Crippen LogP contribution in [0.25, 0.3) is 0 Å². The quantitative estimate of drug-likeness (QED) is 0.849. The average molecular weight is 322 g/mol. The van der Waals surface area contributed by atoms with Crippen LogP contribution in [-0.4, -0.2) is 41.3 Å². The van der Waals surface area contributed by atoms with E-state index in [1.807, 2.05) is 33.0 Å². The van der Waals surface area contributed by atoms with Gasteiger partial charge in [-0.1, -0.05) is 11.3 Å². The van der Waals surface area contributed by atoms with Crippen molar-refractivity contribution in [2.45, 2.75) is 35.0 Å². The molecule has 8 heteroatoms. The van der Waals surface area contributed by atoms with Gasteiger partial charge < -0.3 is 10.2 Å². The lowest BCUT2D eigenvalue weighted by Crippen LogP contribution is -2.07. The van der Waals surface area contributed by atoms with Crippen LogP contribution in [0.1, 0.15) is 30.1 Å². The van der Waals surface area contributed by atoms with Gasteiger partial charge in [0.15, 0.2) is 4.34 Å². The van der Waals surface area contributed by atoms with Crippen molar-refractivity contribution in [1.82, 2.24) is 20.2 Å². The molecule has 0 atom stereocenters. The predicted octanol–water partition coefficient (Wildman–Crippen LogP) is 2.77. The molecule has 0 spiro atoms. The lowest BCUT2D eigenvalue weighted by molar-refractivity contribution is 0.863. The molecule has 6 nitrogen and oxygen atoms in total. The molecule has 0 unspecified atom stereocenters. The van der Waals surface area contributed by atoms with Crippen molar-refractivity contribution in [2.24, 2.45) is 0 Å². The fourth-order valence-electron chi connectivity index (χ4n) is 1.89. The van der Waals surface area contributed by atoms with Crippen LogP contribution in [0.2, 0.25) is 0 Å². The predicted molar refractivity (Wildman–Crippen MR) is 86.6 cm³/mol. The molecule has 0 amide bonds. The Kier molecular flexibility index (Phi) is 3.99. The highest BCUT2D eigenvalue weighted by Gasteiger charge is 2.28. The molecule has 0 bridgehead atoms.